The van der Waals surface area contributed by atoms with E-state index in [1.807, 2.05) is 13.0 Å². The Morgan fingerprint density at radius 3 is 2.67 bits per heavy atom. The lowest BCUT2D eigenvalue weighted by atomic mass is 10.0. The van der Waals surface area contributed by atoms with E-state index < -0.39 is 5.97 Å². The number of ether oxygens (including phenoxy) is 1. The van der Waals surface area contributed by atoms with Gasteiger partial charge in [-0.25, -0.2) is 4.79 Å². The minimum Gasteiger partial charge on any atom is -0.478 e. The van der Waals surface area contributed by atoms with Gasteiger partial charge in [0, 0.05) is 30.9 Å². The lowest BCUT2D eigenvalue weighted by Crippen LogP contribution is -2.38. The highest BCUT2D eigenvalue weighted by Crippen LogP contribution is 2.13. The van der Waals surface area contributed by atoms with Crippen molar-refractivity contribution in [1.82, 2.24) is 5.32 Å². The van der Waals surface area contributed by atoms with E-state index in [9.17, 15) is 9.59 Å². The van der Waals surface area contributed by atoms with E-state index in [0.717, 1.165) is 24.5 Å². The van der Waals surface area contributed by atoms with Gasteiger partial charge in [-0.1, -0.05) is 6.07 Å². The number of carbonyl (C=O) groups excluding carboxylic acids is 1. The van der Waals surface area contributed by atoms with Crippen LogP contribution in [-0.2, 0) is 9.53 Å². The number of carboxylic acids is 1. The fourth-order valence-corrected chi connectivity index (χ4v) is 2.32. The van der Waals surface area contributed by atoms with Gasteiger partial charge in [-0.05, 0) is 49.1 Å². The highest BCUT2D eigenvalue weighted by molar-refractivity contribution is 5.95. The van der Waals surface area contributed by atoms with Crippen LogP contribution in [0.5, 0.6) is 0 Å². The summed E-state index contributed by atoms with van der Waals surface area (Å²) in [4.78, 5) is 22.8. The zero-order valence-corrected chi connectivity index (χ0v) is 12.0. The number of aliphatic carboxylic acids is 1. The summed E-state index contributed by atoms with van der Waals surface area (Å²) in [6, 6.07) is 5.48. The maximum absolute atomic E-state index is 12.3. The lowest BCUT2D eigenvalue weighted by molar-refractivity contribution is -0.131. The molecule has 0 spiro atoms. The minimum atomic E-state index is -1.01. The van der Waals surface area contributed by atoms with Gasteiger partial charge >= 0.3 is 5.97 Å². The largest absolute Gasteiger partial charge is 0.478 e. The van der Waals surface area contributed by atoms with Gasteiger partial charge in [0.05, 0.1) is 0 Å². The Morgan fingerprint density at radius 2 is 2.00 bits per heavy atom. The van der Waals surface area contributed by atoms with Gasteiger partial charge in [0.25, 0.3) is 5.91 Å². The normalized spacial score (nSPS) is 16.0. The summed E-state index contributed by atoms with van der Waals surface area (Å²) in [5.74, 6) is -1.14. The summed E-state index contributed by atoms with van der Waals surface area (Å²) in [7, 11) is 0. The Hall–Kier alpha value is -2.14. The van der Waals surface area contributed by atoms with Crippen LogP contribution in [-0.4, -0.2) is 36.2 Å². The first-order valence-electron chi connectivity index (χ1n) is 6.96. The van der Waals surface area contributed by atoms with E-state index in [4.69, 9.17) is 9.84 Å². The first-order chi connectivity index (χ1) is 10.0. The van der Waals surface area contributed by atoms with Crippen molar-refractivity contribution < 1.29 is 19.4 Å². The van der Waals surface area contributed by atoms with Gasteiger partial charge in [-0.15, -0.1) is 0 Å². The first kappa shape index (κ1) is 15.3. The van der Waals surface area contributed by atoms with Crippen LogP contribution in [0.15, 0.2) is 24.3 Å². The second-order valence-corrected chi connectivity index (χ2v) is 5.16. The van der Waals surface area contributed by atoms with Crippen molar-refractivity contribution >= 4 is 18.0 Å². The molecule has 5 heteroatoms. The lowest BCUT2D eigenvalue weighted by Gasteiger charge is -2.23. The topological polar surface area (TPSA) is 75.6 Å². The molecule has 1 fully saturated rings. The summed E-state index contributed by atoms with van der Waals surface area (Å²) in [5.41, 5.74) is 2.17. The van der Waals surface area contributed by atoms with Gasteiger partial charge in [-0.2, -0.15) is 0 Å². The Balaban J connectivity index is 2.10. The van der Waals surface area contributed by atoms with E-state index in [-0.39, 0.29) is 11.9 Å². The van der Waals surface area contributed by atoms with Gasteiger partial charge in [-0.3, -0.25) is 4.79 Å². The first-order valence-corrected chi connectivity index (χ1v) is 6.96. The number of nitrogens with one attached hydrogen (secondary N) is 1. The molecule has 0 radical (unpaired) electrons. The van der Waals surface area contributed by atoms with Crippen LogP contribution in [0.4, 0.5) is 0 Å². The number of benzene rings is 1. The molecule has 1 aromatic carbocycles. The second-order valence-electron chi connectivity index (χ2n) is 5.16. The zero-order chi connectivity index (χ0) is 15.2. The molecular weight excluding hydrogens is 270 g/mol. The molecule has 1 aliphatic rings. The van der Waals surface area contributed by atoms with E-state index in [2.05, 4.69) is 5.32 Å². The Kier molecular flexibility index (Phi) is 5.11. The molecule has 0 atom stereocenters. The van der Waals surface area contributed by atoms with E-state index in [1.165, 1.54) is 6.08 Å². The van der Waals surface area contributed by atoms with Gasteiger partial charge in [0.2, 0.25) is 0 Å². The molecule has 1 saturated heterocycles. The Morgan fingerprint density at radius 1 is 1.29 bits per heavy atom. The standard InChI is InChI=1S/C16H19NO4/c1-11-8-12(2-3-15(18)19)10-13(9-11)16(20)17-14-4-6-21-7-5-14/h2-3,8-10,14H,4-7H2,1H3,(H,17,20)(H,18,19)/b3-2+. The van der Waals surface area contributed by atoms with Crippen LogP contribution in [0.25, 0.3) is 6.08 Å². The van der Waals surface area contributed by atoms with Crippen LogP contribution in [0.1, 0.15) is 34.3 Å². The average molecular weight is 289 g/mol. The summed E-state index contributed by atoms with van der Waals surface area (Å²) < 4.78 is 5.26. The van der Waals surface area contributed by atoms with Crippen LogP contribution < -0.4 is 5.32 Å². The van der Waals surface area contributed by atoms with Crippen LogP contribution in [0.3, 0.4) is 0 Å². The quantitative estimate of drug-likeness (QED) is 0.831. The van der Waals surface area contributed by atoms with Crippen molar-refractivity contribution in [3.05, 3.63) is 41.0 Å². The highest BCUT2D eigenvalue weighted by atomic mass is 16.5. The Bertz CT molecular complexity index is 559. The zero-order valence-electron chi connectivity index (χ0n) is 12.0. The molecule has 5 nitrogen and oxygen atoms in total. The summed E-state index contributed by atoms with van der Waals surface area (Å²) in [6.07, 6.45) is 4.20. The highest BCUT2D eigenvalue weighted by Gasteiger charge is 2.17. The van der Waals surface area contributed by atoms with Crippen molar-refractivity contribution in [2.45, 2.75) is 25.8 Å². The summed E-state index contributed by atoms with van der Waals surface area (Å²) >= 11 is 0. The van der Waals surface area contributed by atoms with Crippen molar-refractivity contribution in [3.8, 4) is 0 Å². The number of amides is 1. The third kappa shape index (κ3) is 4.72. The van der Waals surface area contributed by atoms with Crippen molar-refractivity contribution in [3.63, 3.8) is 0 Å². The van der Waals surface area contributed by atoms with Gasteiger partial charge < -0.3 is 15.2 Å². The summed E-state index contributed by atoms with van der Waals surface area (Å²) in [5, 5.41) is 11.7. The molecule has 2 N–H and O–H groups in total. The molecule has 0 saturated carbocycles. The molecule has 1 amide bonds. The number of carbonyl (C=O) groups is 2. The van der Waals surface area contributed by atoms with Crippen molar-refractivity contribution in [1.29, 1.82) is 0 Å². The van der Waals surface area contributed by atoms with Crippen molar-refractivity contribution in [2.75, 3.05) is 13.2 Å². The smallest absolute Gasteiger partial charge is 0.328 e. The van der Waals surface area contributed by atoms with Crippen LogP contribution in [0, 0.1) is 6.92 Å². The van der Waals surface area contributed by atoms with E-state index in [1.54, 1.807) is 12.1 Å². The fourth-order valence-electron chi connectivity index (χ4n) is 2.32. The molecule has 112 valence electrons. The average Bonchev–Trinajstić information content (AvgIpc) is 2.45. The molecular formula is C16H19NO4. The van der Waals surface area contributed by atoms with Crippen LogP contribution >= 0.6 is 0 Å². The number of rotatable bonds is 4. The monoisotopic (exact) mass is 289 g/mol. The predicted molar refractivity (Wildman–Crippen MR) is 79.2 cm³/mol. The molecule has 0 unspecified atom stereocenters. The third-order valence-electron chi connectivity index (χ3n) is 3.34. The molecule has 0 aliphatic carbocycles. The Labute approximate surface area is 123 Å². The molecule has 0 aromatic heterocycles. The number of hydrogen-bond acceptors (Lipinski definition) is 3. The number of carboxylic acid groups (broad SMARTS) is 1. The molecule has 0 bridgehead atoms. The molecule has 1 aliphatic heterocycles. The summed E-state index contributed by atoms with van der Waals surface area (Å²) in [6.45, 7) is 3.22. The fraction of sp³-hybridized carbons (Fsp3) is 0.375. The van der Waals surface area contributed by atoms with Gasteiger partial charge in [0.1, 0.15) is 0 Å². The number of hydrogen-bond donors (Lipinski definition) is 2. The van der Waals surface area contributed by atoms with Crippen molar-refractivity contribution in [2.24, 2.45) is 0 Å². The molecule has 1 aromatic rings. The molecule has 1 heterocycles. The maximum atomic E-state index is 12.3. The van der Waals surface area contributed by atoms with E-state index in [0.29, 0.717) is 24.3 Å². The SMILES string of the molecule is Cc1cc(/C=C/C(=O)O)cc(C(=O)NC2CCOCC2)c1. The third-order valence-corrected chi connectivity index (χ3v) is 3.34. The predicted octanol–water partition coefficient (Wildman–Crippen LogP) is 2.00. The number of aryl methyl sites for hydroxylation is 1. The second kappa shape index (κ2) is 7.04. The van der Waals surface area contributed by atoms with Gasteiger partial charge in [0.15, 0.2) is 0 Å². The maximum Gasteiger partial charge on any atom is 0.328 e. The molecule has 2 rings (SSSR count). The van der Waals surface area contributed by atoms with E-state index >= 15 is 0 Å². The molecule has 21 heavy (non-hydrogen) atoms. The van der Waals surface area contributed by atoms with Crippen LogP contribution in [0.2, 0.25) is 0 Å². The minimum absolute atomic E-state index is 0.129.